The van der Waals surface area contributed by atoms with Gasteiger partial charge in [0.25, 0.3) is 0 Å². The van der Waals surface area contributed by atoms with Crippen LogP contribution in [0.1, 0.15) is 61.1 Å². The molecule has 1 N–H and O–H groups in total. The van der Waals surface area contributed by atoms with Gasteiger partial charge >= 0.3 is 0 Å². The summed E-state index contributed by atoms with van der Waals surface area (Å²) in [6.45, 7) is 19.6. The molecule has 0 radical (unpaired) electrons. The number of aliphatic imine (C=N–C) groups is 2. The Labute approximate surface area is 203 Å². The van der Waals surface area contributed by atoms with Crippen LogP contribution in [0.25, 0.3) is 0 Å². The summed E-state index contributed by atoms with van der Waals surface area (Å²) in [6.07, 6.45) is 1.17. The van der Waals surface area contributed by atoms with Crippen LogP contribution in [0.3, 0.4) is 0 Å². The molecule has 2 rings (SSSR count). The summed E-state index contributed by atoms with van der Waals surface area (Å²) < 4.78 is 0. The molecule has 0 aliphatic carbocycles. The first-order valence-corrected chi connectivity index (χ1v) is 10.5. The summed E-state index contributed by atoms with van der Waals surface area (Å²) in [5.74, 6) is -0.0625. The minimum absolute atomic E-state index is 0. The van der Waals surface area contributed by atoms with Crippen LogP contribution in [0, 0.1) is 41.5 Å². The standard InChI is InChI=1S/C22H28N2.C5H8O2.Ni/c1-13-9-15(3)21(16(4)10-13)23-19(7)20(8)24-22-17(5)11-14(2)12-18(22)6;1-4(6)3-5(2)7;/h9-12H,1-8H3;3,6H,1-2H3;/b;4-3-;. The van der Waals surface area contributed by atoms with E-state index in [1.165, 1.54) is 53.3 Å². The van der Waals surface area contributed by atoms with Crippen LogP contribution in [-0.4, -0.2) is 22.3 Å². The molecule has 0 saturated heterocycles. The van der Waals surface area contributed by atoms with E-state index in [0.29, 0.717) is 0 Å². The Balaban J connectivity index is 0.00000104. The van der Waals surface area contributed by atoms with Crippen molar-refractivity contribution >= 4 is 28.6 Å². The Kier molecular flexibility index (Phi) is 12.1. The Hall–Kier alpha value is -2.52. The minimum Gasteiger partial charge on any atom is -0.512 e. The number of aliphatic hydroxyl groups excluding tert-OH is 1. The summed E-state index contributed by atoms with van der Waals surface area (Å²) in [5.41, 5.74) is 11.4. The molecule has 32 heavy (non-hydrogen) atoms. The number of hydrogen-bond donors (Lipinski definition) is 1. The van der Waals surface area contributed by atoms with Gasteiger partial charge in [0.1, 0.15) is 0 Å². The molecule has 0 atom stereocenters. The van der Waals surface area contributed by atoms with Crippen LogP contribution in [-0.2, 0) is 21.3 Å². The molecule has 5 heteroatoms. The fourth-order valence-corrected chi connectivity index (χ4v) is 3.49. The molecule has 2 aromatic carbocycles. The number of aryl methyl sites for hydroxylation is 6. The van der Waals surface area contributed by atoms with Gasteiger partial charge in [0.2, 0.25) is 0 Å². The summed E-state index contributed by atoms with van der Waals surface area (Å²) >= 11 is 0. The van der Waals surface area contributed by atoms with E-state index in [2.05, 4.69) is 65.8 Å². The molecule has 2 aromatic rings. The smallest absolute Gasteiger partial charge is 0.155 e. The number of carbonyl (C=O) groups excluding carboxylic acids is 1. The molecule has 176 valence electrons. The van der Waals surface area contributed by atoms with Gasteiger partial charge in [-0.25, -0.2) is 0 Å². The third kappa shape index (κ3) is 9.32. The van der Waals surface area contributed by atoms with Gasteiger partial charge < -0.3 is 5.11 Å². The first-order chi connectivity index (χ1) is 14.3. The third-order valence-electron chi connectivity index (χ3n) is 4.77. The first kappa shape index (κ1) is 29.5. The second kappa shape index (κ2) is 13.1. The number of allylic oxidation sites excluding steroid dienone is 2. The van der Waals surface area contributed by atoms with Gasteiger partial charge in [-0.2, -0.15) is 0 Å². The maximum atomic E-state index is 10.0. The fraction of sp³-hybridized carbons (Fsp3) is 0.370. The Morgan fingerprint density at radius 2 is 0.969 bits per heavy atom. The van der Waals surface area contributed by atoms with Crippen LogP contribution < -0.4 is 0 Å². The molecule has 0 saturated carbocycles. The van der Waals surface area contributed by atoms with Crippen molar-refractivity contribution in [3.05, 3.63) is 69.5 Å². The van der Waals surface area contributed by atoms with E-state index in [1.807, 2.05) is 13.8 Å². The minimum atomic E-state index is -0.125. The third-order valence-corrected chi connectivity index (χ3v) is 4.77. The van der Waals surface area contributed by atoms with Gasteiger partial charge in [0.05, 0.1) is 28.6 Å². The number of benzene rings is 2. The molecular weight excluding hydrogens is 443 g/mol. The average Bonchev–Trinajstić information content (AvgIpc) is 2.60. The molecular formula is C27H36N2NiO2. The van der Waals surface area contributed by atoms with Crippen molar-refractivity contribution in [1.82, 2.24) is 0 Å². The number of rotatable bonds is 4. The molecule has 0 aliphatic heterocycles. The predicted molar refractivity (Wildman–Crippen MR) is 134 cm³/mol. The predicted octanol–water partition coefficient (Wildman–Crippen LogP) is 7.46. The first-order valence-electron chi connectivity index (χ1n) is 10.5. The average molecular weight is 479 g/mol. The molecule has 0 unspecified atom stereocenters. The maximum absolute atomic E-state index is 10.0. The van der Waals surface area contributed by atoms with E-state index < -0.39 is 0 Å². The largest absolute Gasteiger partial charge is 0.512 e. The van der Waals surface area contributed by atoms with Gasteiger partial charge in [0.15, 0.2) is 5.78 Å². The van der Waals surface area contributed by atoms with Crippen molar-refractivity contribution in [2.75, 3.05) is 0 Å². The van der Waals surface area contributed by atoms with Crippen LogP contribution in [0.2, 0.25) is 0 Å². The number of carbonyl (C=O) groups is 1. The Morgan fingerprint density at radius 1 is 0.688 bits per heavy atom. The molecule has 0 heterocycles. The van der Waals surface area contributed by atoms with Crippen molar-refractivity contribution in [2.24, 2.45) is 9.98 Å². The Bertz CT molecular complexity index is 942. The number of hydrogen-bond acceptors (Lipinski definition) is 4. The molecule has 4 nitrogen and oxygen atoms in total. The van der Waals surface area contributed by atoms with Crippen molar-refractivity contribution in [3.63, 3.8) is 0 Å². The van der Waals surface area contributed by atoms with Crippen molar-refractivity contribution in [3.8, 4) is 0 Å². The second-order valence-electron chi connectivity index (χ2n) is 8.29. The van der Waals surface area contributed by atoms with Gasteiger partial charge in [0, 0.05) is 22.6 Å². The SMILES string of the molecule is CC(=Nc1c(C)cc(C)cc1C)C(C)=Nc1c(C)cc(C)cc1C.CC(=O)/C=C(/C)O.[Ni]. The quantitative estimate of drug-likeness (QED) is 0.214. The zero-order valence-corrected chi connectivity index (χ0v) is 21.9. The zero-order chi connectivity index (χ0) is 23.9. The van der Waals surface area contributed by atoms with Gasteiger partial charge in [-0.15, -0.1) is 0 Å². The molecule has 0 aliphatic rings. The van der Waals surface area contributed by atoms with E-state index in [4.69, 9.17) is 15.1 Å². The van der Waals surface area contributed by atoms with E-state index in [1.54, 1.807) is 0 Å². The van der Waals surface area contributed by atoms with Crippen molar-refractivity contribution in [2.45, 2.75) is 69.2 Å². The van der Waals surface area contributed by atoms with Crippen LogP contribution in [0.5, 0.6) is 0 Å². The second-order valence-corrected chi connectivity index (χ2v) is 8.29. The monoisotopic (exact) mass is 478 g/mol. The number of nitrogens with zero attached hydrogens (tertiary/aromatic N) is 2. The summed E-state index contributed by atoms with van der Waals surface area (Å²) in [6, 6.07) is 8.72. The van der Waals surface area contributed by atoms with Gasteiger partial charge in [-0.1, -0.05) is 35.4 Å². The molecule has 0 fully saturated rings. The molecule has 0 aromatic heterocycles. The zero-order valence-electron chi connectivity index (χ0n) is 21.0. The van der Waals surface area contributed by atoms with Gasteiger partial charge in [-0.3, -0.25) is 14.8 Å². The summed E-state index contributed by atoms with van der Waals surface area (Å²) in [4.78, 5) is 19.7. The fourth-order valence-electron chi connectivity index (χ4n) is 3.49. The molecule has 0 amide bonds. The Morgan fingerprint density at radius 3 is 1.16 bits per heavy atom. The van der Waals surface area contributed by atoms with E-state index in [0.717, 1.165) is 22.8 Å². The van der Waals surface area contributed by atoms with Crippen LogP contribution in [0.15, 0.2) is 46.1 Å². The maximum Gasteiger partial charge on any atom is 0.155 e. The van der Waals surface area contributed by atoms with Crippen molar-refractivity contribution in [1.29, 1.82) is 0 Å². The number of ketones is 1. The summed E-state index contributed by atoms with van der Waals surface area (Å²) in [7, 11) is 0. The molecule has 0 spiro atoms. The number of aliphatic hydroxyl groups is 1. The van der Waals surface area contributed by atoms with Gasteiger partial charge in [-0.05, 0) is 91.5 Å². The van der Waals surface area contributed by atoms with E-state index in [-0.39, 0.29) is 28.0 Å². The topological polar surface area (TPSA) is 62.0 Å². The van der Waals surface area contributed by atoms with E-state index in [9.17, 15) is 4.79 Å². The van der Waals surface area contributed by atoms with Crippen molar-refractivity contribution < 1.29 is 26.4 Å². The normalized spacial score (nSPS) is 12.0. The summed E-state index contributed by atoms with van der Waals surface area (Å²) in [5, 5.41) is 8.36. The molecule has 0 bridgehead atoms. The van der Waals surface area contributed by atoms with Crippen LogP contribution >= 0.6 is 0 Å². The van der Waals surface area contributed by atoms with Crippen LogP contribution in [0.4, 0.5) is 11.4 Å². The van der Waals surface area contributed by atoms with E-state index >= 15 is 0 Å².